The topological polar surface area (TPSA) is 64.3 Å². The Morgan fingerprint density at radius 3 is 2.29 bits per heavy atom. The minimum atomic E-state index is -5.29. The van der Waals surface area contributed by atoms with Crippen molar-refractivity contribution < 1.29 is 49.8 Å². The van der Waals surface area contributed by atoms with Crippen LogP contribution in [0.2, 0.25) is 0 Å². The quantitative estimate of drug-likeness (QED) is 0.515. The summed E-state index contributed by atoms with van der Waals surface area (Å²) >= 11 is 0. The molecule has 0 fully saturated rings. The number of aryl methyl sites for hydroxylation is 1. The lowest BCUT2D eigenvalue weighted by atomic mass is 10.1. The van der Waals surface area contributed by atoms with Crippen LogP contribution in [0.5, 0.6) is 0 Å². The first kappa shape index (κ1) is 23.0. The van der Waals surface area contributed by atoms with Gasteiger partial charge in [-0.3, -0.25) is 4.68 Å². The summed E-state index contributed by atoms with van der Waals surface area (Å²) in [6.45, 7) is -0.815. The van der Waals surface area contributed by atoms with E-state index >= 15 is 0 Å². The second kappa shape index (κ2) is 7.77. The normalized spacial score (nSPS) is 20.5. The molecule has 170 valence electrons. The molecule has 3 rings (SSSR count). The molecule has 0 amide bonds. The molecule has 1 aliphatic rings. The molecule has 1 aromatic heterocycles. The Hall–Kier alpha value is -2.70. The summed E-state index contributed by atoms with van der Waals surface area (Å²) in [5.74, 6) is -5.74. The lowest BCUT2D eigenvalue weighted by Crippen LogP contribution is -2.32. The van der Waals surface area contributed by atoms with Gasteiger partial charge in [0.05, 0.1) is 16.8 Å². The molecule has 1 N–H and O–H groups in total. The van der Waals surface area contributed by atoms with Crippen LogP contribution < -0.4 is 0 Å². The zero-order valence-electron chi connectivity index (χ0n) is 15.3. The Labute approximate surface area is 169 Å². The second-order valence-corrected chi connectivity index (χ2v) is 6.82. The number of rotatable bonds is 5. The molecule has 0 aliphatic heterocycles. The van der Waals surface area contributed by atoms with Crippen LogP contribution in [0.1, 0.15) is 52.4 Å². The van der Waals surface area contributed by atoms with Gasteiger partial charge >= 0.3 is 24.2 Å². The number of aliphatic hydroxyl groups excluding tert-OH is 1. The van der Waals surface area contributed by atoms with E-state index in [1.54, 1.807) is 0 Å². The Kier molecular flexibility index (Phi) is 5.76. The third-order valence-electron chi connectivity index (χ3n) is 4.60. The highest BCUT2D eigenvalue weighted by atomic mass is 19.4. The van der Waals surface area contributed by atoms with Crippen LogP contribution in [0.15, 0.2) is 30.3 Å². The Morgan fingerprint density at radius 1 is 1.13 bits per heavy atom. The van der Waals surface area contributed by atoms with Gasteiger partial charge in [0.15, 0.2) is 17.9 Å². The van der Waals surface area contributed by atoms with Crippen LogP contribution in [0.25, 0.3) is 0 Å². The van der Waals surface area contributed by atoms with E-state index < -0.39 is 72.8 Å². The van der Waals surface area contributed by atoms with Crippen molar-refractivity contribution in [3.05, 3.63) is 52.8 Å². The molecular formula is C18H14F8N2O3. The van der Waals surface area contributed by atoms with Gasteiger partial charge in [-0.05, 0) is 18.6 Å². The van der Waals surface area contributed by atoms with E-state index in [0.29, 0.717) is 0 Å². The average molecular weight is 458 g/mol. The number of carbonyl (C=O) groups is 1. The predicted molar refractivity (Wildman–Crippen MR) is 87.0 cm³/mol. The fraction of sp³-hybridized carbons (Fsp3) is 0.444. The fourth-order valence-electron chi connectivity index (χ4n) is 3.25. The van der Waals surface area contributed by atoms with Gasteiger partial charge in [0.1, 0.15) is 0 Å². The van der Waals surface area contributed by atoms with Crippen molar-refractivity contribution in [1.82, 2.24) is 9.78 Å². The summed E-state index contributed by atoms with van der Waals surface area (Å²) in [6.07, 6.45) is -17.8. The Bertz CT molecular complexity index is 953. The van der Waals surface area contributed by atoms with Gasteiger partial charge in [0, 0.05) is 13.0 Å². The molecule has 1 heterocycles. The van der Waals surface area contributed by atoms with Crippen LogP contribution in [0.4, 0.5) is 35.1 Å². The average Bonchev–Trinajstić information content (AvgIpc) is 3.11. The van der Waals surface area contributed by atoms with Crippen molar-refractivity contribution >= 4 is 5.97 Å². The van der Waals surface area contributed by atoms with Gasteiger partial charge in [-0.15, -0.1) is 0 Å². The predicted octanol–water partition coefficient (Wildman–Crippen LogP) is 4.82. The molecule has 0 saturated carbocycles. The maximum Gasteiger partial charge on any atom is 0.435 e. The lowest BCUT2D eigenvalue weighted by molar-refractivity contribution is -0.174. The summed E-state index contributed by atoms with van der Waals surface area (Å²) in [5.41, 5.74) is -4.41. The molecule has 5 nitrogen and oxygen atoms in total. The first-order valence-corrected chi connectivity index (χ1v) is 8.80. The molecule has 0 spiro atoms. The molecule has 2 aromatic rings. The van der Waals surface area contributed by atoms with Gasteiger partial charge in [-0.25, -0.2) is 4.79 Å². The number of fused-ring (bicyclic) bond motifs is 1. The van der Waals surface area contributed by atoms with Crippen LogP contribution in [0.3, 0.4) is 0 Å². The van der Waals surface area contributed by atoms with E-state index in [0.717, 1.165) is 0 Å². The summed E-state index contributed by atoms with van der Waals surface area (Å²) in [4.78, 5) is 12.2. The van der Waals surface area contributed by atoms with Gasteiger partial charge in [0.2, 0.25) is 0 Å². The monoisotopic (exact) mass is 458 g/mol. The van der Waals surface area contributed by atoms with E-state index in [4.69, 9.17) is 0 Å². The van der Waals surface area contributed by atoms with Crippen LogP contribution in [-0.2, 0) is 17.5 Å². The first-order valence-electron chi connectivity index (χ1n) is 8.80. The molecule has 0 saturated heterocycles. The second-order valence-electron chi connectivity index (χ2n) is 6.82. The molecule has 0 bridgehead atoms. The number of aromatic nitrogens is 2. The molecule has 13 heteroatoms. The SMILES string of the molecule is O=C(O[C@H]1c2c(C(F)(F)F)nn(CCCC(F)(F)F)c2[C@H](O)C1(F)F)c1ccccc1. The third-order valence-corrected chi connectivity index (χ3v) is 4.60. The molecule has 1 aliphatic carbocycles. The van der Waals surface area contributed by atoms with Gasteiger partial charge in [0.25, 0.3) is 0 Å². The van der Waals surface area contributed by atoms with Crippen LogP contribution in [0, 0.1) is 0 Å². The highest BCUT2D eigenvalue weighted by molar-refractivity contribution is 5.89. The van der Waals surface area contributed by atoms with Gasteiger partial charge in [-0.1, -0.05) is 18.2 Å². The molecule has 0 unspecified atom stereocenters. The molecule has 2 atom stereocenters. The van der Waals surface area contributed by atoms with Crippen molar-refractivity contribution in [3.8, 4) is 0 Å². The minimum Gasteiger partial charge on any atom is -0.447 e. The number of alkyl halides is 8. The zero-order chi connectivity index (χ0) is 23.2. The third kappa shape index (κ3) is 4.50. The number of ether oxygens (including phenoxy) is 1. The van der Waals surface area contributed by atoms with Gasteiger partial charge < -0.3 is 9.84 Å². The summed E-state index contributed by atoms with van der Waals surface area (Å²) < 4.78 is 112. The lowest BCUT2D eigenvalue weighted by Gasteiger charge is -2.23. The summed E-state index contributed by atoms with van der Waals surface area (Å²) in [6, 6.07) is 6.58. The maximum atomic E-state index is 14.6. The minimum absolute atomic E-state index is 0.229. The smallest absolute Gasteiger partial charge is 0.435 e. The van der Waals surface area contributed by atoms with Crippen LogP contribution >= 0.6 is 0 Å². The largest absolute Gasteiger partial charge is 0.447 e. The number of halogens is 8. The van der Waals surface area contributed by atoms with Crippen molar-refractivity contribution in [2.24, 2.45) is 0 Å². The summed E-state index contributed by atoms with van der Waals surface area (Å²) in [5, 5.41) is 13.1. The number of hydrogen-bond donors (Lipinski definition) is 1. The van der Waals surface area contributed by atoms with Crippen molar-refractivity contribution in [3.63, 3.8) is 0 Å². The standard InChI is InChI=1S/C18H14F8N2O3/c19-16(20,21)7-4-8-28-11-10(12(27-28)18(24,25)26)14(17(22,23)13(11)29)31-15(30)9-5-2-1-3-6-9/h1-3,5-6,13-14,29H,4,7-8H2/t13-,14-/m0/s1. The highest BCUT2D eigenvalue weighted by Gasteiger charge is 2.63. The molecule has 31 heavy (non-hydrogen) atoms. The molecular weight excluding hydrogens is 444 g/mol. The maximum absolute atomic E-state index is 14.6. The molecule has 1 aromatic carbocycles. The van der Waals surface area contributed by atoms with E-state index in [9.17, 15) is 45.0 Å². The first-order chi connectivity index (χ1) is 14.2. The fourth-order valence-corrected chi connectivity index (χ4v) is 3.25. The number of aliphatic hydroxyl groups is 1. The van der Waals surface area contributed by atoms with E-state index in [1.807, 2.05) is 0 Å². The van der Waals surface area contributed by atoms with Crippen molar-refractivity contribution in [2.75, 3.05) is 0 Å². The Balaban J connectivity index is 2.02. The van der Waals surface area contributed by atoms with Crippen LogP contribution in [-0.4, -0.2) is 33.0 Å². The number of carbonyl (C=O) groups excluding carboxylic acids is 1. The number of benzene rings is 1. The van der Waals surface area contributed by atoms with E-state index in [1.165, 1.54) is 30.3 Å². The zero-order valence-corrected chi connectivity index (χ0v) is 15.3. The van der Waals surface area contributed by atoms with E-state index in [-0.39, 0.29) is 10.2 Å². The van der Waals surface area contributed by atoms with Crippen molar-refractivity contribution in [2.45, 2.75) is 49.9 Å². The number of hydrogen-bond acceptors (Lipinski definition) is 4. The molecule has 0 radical (unpaired) electrons. The number of esters is 1. The van der Waals surface area contributed by atoms with E-state index in [2.05, 4.69) is 9.84 Å². The van der Waals surface area contributed by atoms with Gasteiger partial charge in [-0.2, -0.15) is 40.2 Å². The Morgan fingerprint density at radius 2 is 1.74 bits per heavy atom. The summed E-state index contributed by atoms with van der Waals surface area (Å²) in [7, 11) is 0. The highest BCUT2D eigenvalue weighted by Crippen LogP contribution is 2.55. The van der Waals surface area contributed by atoms with Crippen molar-refractivity contribution in [1.29, 1.82) is 0 Å². The number of nitrogens with zero attached hydrogens (tertiary/aromatic N) is 2.